The van der Waals surface area contributed by atoms with Crippen LogP contribution < -0.4 is 10.6 Å². The van der Waals surface area contributed by atoms with Crippen molar-refractivity contribution in [3.63, 3.8) is 0 Å². The van der Waals surface area contributed by atoms with Crippen LogP contribution in [0.25, 0.3) is 0 Å². The van der Waals surface area contributed by atoms with Gasteiger partial charge in [0.1, 0.15) is 5.01 Å². The topological polar surface area (TPSA) is 52.6 Å². The Labute approximate surface area is 151 Å². The molecule has 6 heteroatoms. The number of thiazole rings is 1. The molecule has 1 atom stereocenters. The number of nitrogens with one attached hydrogen (secondary N) is 2. The van der Waals surface area contributed by atoms with Gasteiger partial charge in [0.15, 0.2) is 5.96 Å². The van der Waals surface area contributed by atoms with Crippen molar-refractivity contribution in [2.45, 2.75) is 59.5 Å². The number of rotatable bonds is 7. The minimum atomic E-state index is 0.535. The Balaban J connectivity index is 1.82. The predicted molar refractivity (Wildman–Crippen MR) is 104 cm³/mol. The number of piperidine rings is 1. The molecule has 1 aliphatic heterocycles. The van der Waals surface area contributed by atoms with Gasteiger partial charge < -0.3 is 10.6 Å². The van der Waals surface area contributed by atoms with Crippen LogP contribution >= 0.6 is 11.3 Å². The number of likely N-dealkylation sites (tertiary alicyclic amines) is 1. The maximum atomic E-state index is 4.68. The Morgan fingerprint density at radius 1 is 1.38 bits per heavy atom. The summed E-state index contributed by atoms with van der Waals surface area (Å²) in [6, 6.07) is 0.535. The zero-order chi connectivity index (χ0) is 17.4. The molecule has 0 amide bonds. The van der Waals surface area contributed by atoms with E-state index in [1.54, 1.807) is 11.3 Å². The normalized spacial score (nSPS) is 18.6. The first-order valence-corrected chi connectivity index (χ1v) is 10.1. The summed E-state index contributed by atoms with van der Waals surface area (Å²) >= 11 is 1.76. The van der Waals surface area contributed by atoms with E-state index >= 15 is 0 Å². The molecule has 2 N–H and O–H groups in total. The maximum Gasteiger partial charge on any atom is 0.191 e. The minimum Gasteiger partial charge on any atom is -0.357 e. The van der Waals surface area contributed by atoms with E-state index in [9.17, 15) is 0 Å². The molecule has 24 heavy (non-hydrogen) atoms. The summed E-state index contributed by atoms with van der Waals surface area (Å²) in [7, 11) is 0. The molecule has 5 nitrogen and oxygen atoms in total. The number of aliphatic imine (C=N–C) groups is 1. The summed E-state index contributed by atoms with van der Waals surface area (Å²) in [5.74, 6) is 1.77. The molecule has 0 aliphatic carbocycles. The molecule has 1 saturated heterocycles. The van der Waals surface area contributed by atoms with Gasteiger partial charge >= 0.3 is 0 Å². The van der Waals surface area contributed by atoms with E-state index < -0.39 is 0 Å². The summed E-state index contributed by atoms with van der Waals surface area (Å²) in [5.41, 5.74) is 0. The first-order valence-electron chi connectivity index (χ1n) is 9.32. The van der Waals surface area contributed by atoms with E-state index in [2.05, 4.69) is 53.2 Å². The first kappa shape index (κ1) is 19.2. The van der Waals surface area contributed by atoms with Crippen LogP contribution in [0.5, 0.6) is 0 Å². The third kappa shape index (κ3) is 6.06. The van der Waals surface area contributed by atoms with Crippen LogP contribution in [0.2, 0.25) is 0 Å². The smallest absolute Gasteiger partial charge is 0.191 e. The lowest BCUT2D eigenvalue weighted by Crippen LogP contribution is -2.48. The molecule has 1 aromatic rings. The van der Waals surface area contributed by atoms with Gasteiger partial charge in [0, 0.05) is 30.2 Å². The van der Waals surface area contributed by atoms with Crippen molar-refractivity contribution >= 4 is 17.3 Å². The van der Waals surface area contributed by atoms with Crippen molar-refractivity contribution in [3.05, 3.63) is 16.1 Å². The number of hydrogen-bond donors (Lipinski definition) is 2. The Hall–Kier alpha value is -1.14. The van der Waals surface area contributed by atoms with Crippen LogP contribution in [0.15, 0.2) is 11.2 Å². The number of aryl methyl sites for hydroxylation is 1. The summed E-state index contributed by atoms with van der Waals surface area (Å²) in [4.78, 5) is 13.0. The first-order chi connectivity index (χ1) is 11.6. The monoisotopic (exact) mass is 351 g/mol. The van der Waals surface area contributed by atoms with Gasteiger partial charge in [0.05, 0.1) is 6.54 Å². The molecule has 0 saturated carbocycles. The van der Waals surface area contributed by atoms with E-state index in [1.807, 2.05) is 6.20 Å². The van der Waals surface area contributed by atoms with Crippen molar-refractivity contribution in [2.75, 3.05) is 26.2 Å². The molecule has 0 spiro atoms. The van der Waals surface area contributed by atoms with Crippen molar-refractivity contribution < 1.29 is 0 Å². The van der Waals surface area contributed by atoms with Crippen LogP contribution in [0.1, 0.15) is 50.4 Å². The predicted octanol–water partition coefficient (Wildman–Crippen LogP) is 2.88. The zero-order valence-corrected chi connectivity index (χ0v) is 16.5. The van der Waals surface area contributed by atoms with Gasteiger partial charge in [0.25, 0.3) is 0 Å². The molecule has 0 bridgehead atoms. The van der Waals surface area contributed by atoms with E-state index in [-0.39, 0.29) is 0 Å². The largest absolute Gasteiger partial charge is 0.357 e. The fourth-order valence-electron chi connectivity index (χ4n) is 2.92. The molecule has 1 aromatic heterocycles. The molecule has 0 aromatic carbocycles. The Kier molecular flexibility index (Phi) is 7.99. The van der Waals surface area contributed by atoms with Crippen LogP contribution in [0.3, 0.4) is 0 Å². The van der Waals surface area contributed by atoms with Gasteiger partial charge in [-0.05, 0) is 52.1 Å². The molecule has 2 rings (SSSR count). The van der Waals surface area contributed by atoms with E-state index in [0.29, 0.717) is 12.6 Å². The SMILES string of the molecule is CCNC(=NCc1ncc(CC)s1)NCC(C)N1CCC(C)CC1. The summed E-state index contributed by atoms with van der Waals surface area (Å²) < 4.78 is 0. The zero-order valence-electron chi connectivity index (χ0n) is 15.6. The minimum absolute atomic E-state index is 0.535. The lowest BCUT2D eigenvalue weighted by atomic mass is 9.98. The molecule has 1 unspecified atom stereocenters. The average Bonchev–Trinajstić information content (AvgIpc) is 3.06. The fourth-order valence-corrected chi connectivity index (χ4v) is 3.70. The summed E-state index contributed by atoms with van der Waals surface area (Å²) in [6.45, 7) is 13.8. The number of guanidine groups is 1. The highest BCUT2D eigenvalue weighted by Gasteiger charge is 2.20. The second-order valence-corrected chi connectivity index (χ2v) is 7.92. The molecular formula is C18H33N5S. The van der Waals surface area contributed by atoms with Gasteiger partial charge in [-0.15, -0.1) is 11.3 Å². The fraction of sp³-hybridized carbons (Fsp3) is 0.778. The highest BCUT2D eigenvalue weighted by Crippen LogP contribution is 2.17. The second-order valence-electron chi connectivity index (χ2n) is 6.72. The van der Waals surface area contributed by atoms with Crippen molar-refractivity contribution in [3.8, 4) is 0 Å². The quantitative estimate of drug-likeness (QED) is 0.586. The molecular weight excluding hydrogens is 318 g/mol. The highest BCUT2D eigenvalue weighted by atomic mass is 32.1. The van der Waals surface area contributed by atoms with E-state index in [4.69, 9.17) is 0 Å². The van der Waals surface area contributed by atoms with Crippen LogP contribution in [-0.2, 0) is 13.0 Å². The van der Waals surface area contributed by atoms with E-state index in [1.165, 1.54) is 30.8 Å². The van der Waals surface area contributed by atoms with E-state index in [0.717, 1.165) is 36.4 Å². The lowest BCUT2D eigenvalue weighted by Gasteiger charge is -2.35. The van der Waals surface area contributed by atoms with Gasteiger partial charge in [-0.1, -0.05) is 13.8 Å². The van der Waals surface area contributed by atoms with Crippen molar-refractivity contribution in [1.82, 2.24) is 20.5 Å². The number of nitrogens with zero attached hydrogens (tertiary/aromatic N) is 3. The Morgan fingerprint density at radius 3 is 2.75 bits per heavy atom. The average molecular weight is 352 g/mol. The van der Waals surface area contributed by atoms with Gasteiger partial charge in [-0.2, -0.15) is 0 Å². The molecule has 1 fully saturated rings. The molecule has 2 heterocycles. The van der Waals surface area contributed by atoms with Gasteiger partial charge in [-0.25, -0.2) is 9.98 Å². The van der Waals surface area contributed by atoms with Gasteiger partial charge in [-0.3, -0.25) is 4.90 Å². The number of hydrogen-bond acceptors (Lipinski definition) is 4. The second kappa shape index (κ2) is 9.99. The van der Waals surface area contributed by atoms with Gasteiger partial charge in [0.2, 0.25) is 0 Å². The van der Waals surface area contributed by atoms with Crippen LogP contribution in [0, 0.1) is 5.92 Å². The van der Waals surface area contributed by atoms with Crippen molar-refractivity contribution in [2.24, 2.45) is 10.9 Å². The maximum absolute atomic E-state index is 4.68. The summed E-state index contributed by atoms with van der Waals surface area (Å²) in [5, 5.41) is 7.92. The third-order valence-electron chi connectivity index (χ3n) is 4.67. The Morgan fingerprint density at radius 2 is 2.12 bits per heavy atom. The Bertz CT molecular complexity index is 505. The molecule has 1 aliphatic rings. The summed E-state index contributed by atoms with van der Waals surface area (Å²) in [6.07, 6.45) is 5.66. The number of aromatic nitrogens is 1. The van der Waals surface area contributed by atoms with Crippen LogP contribution in [-0.4, -0.2) is 48.1 Å². The standard InChI is InChI=1S/C18H33N5S/c1-5-16-12-20-17(24-16)13-22-18(19-6-2)21-11-15(4)23-9-7-14(3)8-10-23/h12,14-15H,5-11,13H2,1-4H3,(H2,19,21,22). The van der Waals surface area contributed by atoms with Crippen molar-refractivity contribution in [1.29, 1.82) is 0 Å². The van der Waals surface area contributed by atoms with Crippen LogP contribution in [0.4, 0.5) is 0 Å². The third-order valence-corrected chi connectivity index (χ3v) is 5.80. The molecule has 0 radical (unpaired) electrons. The highest BCUT2D eigenvalue weighted by molar-refractivity contribution is 7.11. The lowest BCUT2D eigenvalue weighted by molar-refractivity contribution is 0.147. The molecule has 136 valence electrons.